The summed E-state index contributed by atoms with van der Waals surface area (Å²) in [7, 11) is -0.721. The topological polar surface area (TPSA) is 0 Å². The summed E-state index contributed by atoms with van der Waals surface area (Å²) in [5, 5.41) is 3.47. The predicted octanol–water partition coefficient (Wildman–Crippen LogP) is 0.201. The summed E-state index contributed by atoms with van der Waals surface area (Å²) in [6, 6.07) is 1.38. The van der Waals surface area contributed by atoms with E-state index >= 15 is 0 Å². The molecule has 0 fully saturated rings. The molecule has 0 radical (unpaired) electrons. The Bertz CT molecular complexity index is 286. The minimum absolute atomic E-state index is 0. The zero-order valence-corrected chi connectivity index (χ0v) is 10.3. The molecule has 14 heavy (non-hydrogen) atoms. The van der Waals surface area contributed by atoms with Gasteiger partial charge in [0.05, 0.1) is 8.80 Å². The summed E-state index contributed by atoms with van der Waals surface area (Å²) in [4.78, 5) is 0. The molecular formula is C12H17LiSi. The second kappa shape index (κ2) is 5.61. The van der Waals surface area contributed by atoms with Gasteiger partial charge in [0, 0.05) is 0 Å². The zero-order valence-electron chi connectivity index (χ0n) is 10.2. The van der Waals surface area contributed by atoms with E-state index < -0.39 is 8.80 Å². The molecule has 0 saturated heterocycles. The third-order valence-corrected chi connectivity index (χ3v) is 6.37. The molecule has 0 heterocycles. The van der Waals surface area contributed by atoms with E-state index in [1.165, 1.54) is 18.9 Å². The average molecular weight is 196 g/mol. The second-order valence-corrected chi connectivity index (χ2v) is 7.11. The molecule has 2 aliphatic carbocycles. The van der Waals surface area contributed by atoms with Gasteiger partial charge in [-0.2, -0.15) is 0 Å². The van der Waals surface area contributed by atoms with Crippen LogP contribution < -0.4 is 18.9 Å². The maximum absolute atomic E-state index is 2.35. The normalized spacial score (nSPS) is 18.4. The van der Waals surface area contributed by atoms with Gasteiger partial charge in [0.1, 0.15) is 0 Å². The molecule has 0 nitrogen and oxygen atoms in total. The van der Waals surface area contributed by atoms with Gasteiger partial charge in [0.15, 0.2) is 0 Å². The van der Waals surface area contributed by atoms with Gasteiger partial charge in [-0.15, -0.1) is 0 Å². The fourth-order valence-corrected chi connectivity index (χ4v) is 5.26. The quantitative estimate of drug-likeness (QED) is 0.566. The SMILES string of the molecule is CC[SiH](C1=CC=CC1)C1=CC=CC1.[H-].[Li+]. The van der Waals surface area contributed by atoms with Crippen molar-refractivity contribution in [3.05, 3.63) is 46.8 Å². The Labute approximate surface area is 102 Å². The van der Waals surface area contributed by atoms with Crippen LogP contribution in [0.1, 0.15) is 21.2 Å². The summed E-state index contributed by atoms with van der Waals surface area (Å²) in [5.41, 5.74) is 0. The van der Waals surface area contributed by atoms with Crippen LogP contribution in [0.5, 0.6) is 0 Å². The van der Waals surface area contributed by atoms with Gasteiger partial charge in [0.25, 0.3) is 0 Å². The Morgan fingerprint density at radius 2 is 1.64 bits per heavy atom. The van der Waals surface area contributed by atoms with Crippen molar-refractivity contribution in [2.45, 2.75) is 25.8 Å². The van der Waals surface area contributed by atoms with Crippen molar-refractivity contribution in [2.75, 3.05) is 0 Å². The smallest absolute Gasteiger partial charge is 1.00 e. The first kappa shape index (κ1) is 11.8. The van der Waals surface area contributed by atoms with E-state index in [4.69, 9.17) is 0 Å². The van der Waals surface area contributed by atoms with Crippen LogP contribution in [0, 0.1) is 0 Å². The van der Waals surface area contributed by atoms with Gasteiger partial charge in [-0.05, 0) is 12.8 Å². The van der Waals surface area contributed by atoms with Crippen LogP contribution in [0.3, 0.4) is 0 Å². The number of allylic oxidation sites excluding steroid dienone is 8. The minimum atomic E-state index is -0.721. The Balaban J connectivity index is 0.000000980. The van der Waals surface area contributed by atoms with Crippen LogP contribution in [-0.2, 0) is 0 Å². The Morgan fingerprint density at radius 1 is 1.14 bits per heavy atom. The van der Waals surface area contributed by atoms with Gasteiger partial charge in [-0.1, -0.05) is 59.8 Å². The fourth-order valence-electron chi connectivity index (χ4n) is 2.21. The molecule has 0 aromatic rings. The van der Waals surface area contributed by atoms with Gasteiger partial charge in [-0.25, -0.2) is 0 Å². The molecule has 0 bridgehead atoms. The Kier molecular flexibility index (Phi) is 4.74. The molecule has 0 unspecified atom stereocenters. The molecule has 70 valence electrons. The van der Waals surface area contributed by atoms with Crippen molar-refractivity contribution in [1.82, 2.24) is 0 Å². The first-order chi connectivity index (χ1) is 6.42. The molecule has 0 aliphatic heterocycles. The molecule has 0 N–H and O–H groups in total. The van der Waals surface area contributed by atoms with Crippen molar-refractivity contribution >= 4 is 8.80 Å². The van der Waals surface area contributed by atoms with Crippen molar-refractivity contribution in [2.24, 2.45) is 0 Å². The van der Waals surface area contributed by atoms with E-state index in [9.17, 15) is 0 Å². The third kappa shape index (κ3) is 2.42. The molecule has 2 heteroatoms. The second-order valence-electron chi connectivity index (χ2n) is 3.71. The number of rotatable bonds is 3. The van der Waals surface area contributed by atoms with E-state index in [0.29, 0.717) is 0 Å². The van der Waals surface area contributed by atoms with Gasteiger partial charge < -0.3 is 1.43 Å². The summed E-state index contributed by atoms with van der Waals surface area (Å²) < 4.78 is 0. The summed E-state index contributed by atoms with van der Waals surface area (Å²) in [6.07, 6.45) is 16.1. The number of hydrogen-bond acceptors (Lipinski definition) is 0. The predicted molar refractivity (Wildman–Crippen MR) is 62.4 cm³/mol. The first-order valence-corrected chi connectivity index (χ1v) is 7.10. The van der Waals surface area contributed by atoms with Crippen molar-refractivity contribution < 1.29 is 20.3 Å². The third-order valence-electron chi connectivity index (χ3n) is 2.90. The average Bonchev–Trinajstić information content (AvgIpc) is 2.76. The van der Waals surface area contributed by atoms with E-state index in [2.05, 4.69) is 43.4 Å². The molecule has 2 rings (SSSR count). The molecule has 0 spiro atoms. The molecule has 0 atom stereocenters. The van der Waals surface area contributed by atoms with E-state index in [1.54, 1.807) is 10.4 Å². The largest absolute Gasteiger partial charge is 1.00 e. The van der Waals surface area contributed by atoms with Gasteiger partial charge in [0.2, 0.25) is 0 Å². The number of hydrogen-bond donors (Lipinski definition) is 0. The Hall–Kier alpha value is -0.226. The molecule has 0 aromatic carbocycles. The van der Waals surface area contributed by atoms with Crippen LogP contribution in [0.4, 0.5) is 0 Å². The zero-order chi connectivity index (χ0) is 9.10. The maximum Gasteiger partial charge on any atom is 1.00 e. The van der Waals surface area contributed by atoms with Crippen molar-refractivity contribution in [3.63, 3.8) is 0 Å². The van der Waals surface area contributed by atoms with E-state index in [0.717, 1.165) is 0 Å². The van der Waals surface area contributed by atoms with Crippen LogP contribution in [0.15, 0.2) is 46.8 Å². The maximum atomic E-state index is 2.35. The summed E-state index contributed by atoms with van der Waals surface area (Å²) in [5.74, 6) is 0. The van der Waals surface area contributed by atoms with E-state index in [-0.39, 0.29) is 20.3 Å². The minimum Gasteiger partial charge on any atom is -1.00 e. The standard InChI is InChI=1S/C12H16Si.Li.H/c1-2-13(11-7-3-4-8-11)12-9-5-6-10-12;;/h3-7,9,13H,2,8,10H2,1H3;;/q;+1;-1. The van der Waals surface area contributed by atoms with Crippen LogP contribution in [-0.4, -0.2) is 8.80 Å². The first-order valence-electron chi connectivity index (χ1n) is 5.13. The molecule has 2 aliphatic rings. The fraction of sp³-hybridized carbons (Fsp3) is 0.333. The van der Waals surface area contributed by atoms with Gasteiger partial charge >= 0.3 is 18.9 Å². The van der Waals surface area contributed by atoms with Crippen LogP contribution >= 0.6 is 0 Å². The van der Waals surface area contributed by atoms with Crippen molar-refractivity contribution in [3.8, 4) is 0 Å². The van der Waals surface area contributed by atoms with Crippen LogP contribution in [0.25, 0.3) is 0 Å². The van der Waals surface area contributed by atoms with Crippen molar-refractivity contribution in [1.29, 1.82) is 0 Å². The van der Waals surface area contributed by atoms with E-state index in [1.807, 2.05) is 0 Å². The monoisotopic (exact) mass is 196 g/mol. The molecule has 0 amide bonds. The summed E-state index contributed by atoms with van der Waals surface area (Å²) in [6.45, 7) is 2.34. The molecule has 0 saturated carbocycles. The van der Waals surface area contributed by atoms with Gasteiger partial charge in [-0.3, -0.25) is 0 Å². The molecular weight excluding hydrogens is 179 g/mol. The Morgan fingerprint density at radius 3 is 1.93 bits per heavy atom. The molecule has 0 aromatic heterocycles. The summed E-state index contributed by atoms with van der Waals surface area (Å²) >= 11 is 0. The van der Waals surface area contributed by atoms with Crippen LogP contribution in [0.2, 0.25) is 6.04 Å².